The molecule has 3 heteroatoms. The lowest BCUT2D eigenvalue weighted by Gasteiger charge is -2.44. The number of phenolic OH excluding ortho intramolecular Hbond substituents is 1. The third kappa shape index (κ3) is 3.24. The predicted octanol–water partition coefficient (Wildman–Crippen LogP) is 3.39. The number of phenols is 1. The van der Waals surface area contributed by atoms with E-state index in [1.54, 1.807) is 0 Å². The monoisotopic (exact) mass is 289 g/mol. The van der Waals surface area contributed by atoms with E-state index in [0.29, 0.717) is 23.6 Å². The molecule has 3 nitrogen and oxygen atoms in total. The van der Waals surface area contributed by atoms with Crippen LogP contribution in [0.25, 0.3) is 0 Å². The maximum absolute atomic E-state index is 10.2. The zero-order chi connectivity index (χ0) is 14.7. The Hall–Kier alpha value is -1.06. The Balaban J connectivity index is 1.78. The molecule has 3 rings (SSSR count). The molecule has 1 aromatic rings. The Morgan fingerprint density at radius 1 is 1.14 bits per heavy atom. The van der Waals surface area contributed by atoms with Gasteiger partial charge in [0.25, 0.3) is 0 Å². The molecule has 1 saturated carbocycles. The lowest BCUT2D eigenvalue weighted by molar-refractivity contribution is -0.0109. The normalized spacial score (nSPS) is 29.2. The minimum absolute atomic E-state index is 0.416. The minimum Gasteiger partial charge on any atom is -0.508 e. The van der Waals surface area contributed by atoms with Crippen molar-refractivity contribution in [2.75, 3.05) is 26.3 Å². The highest BCUT2D eigenvalue weighted by atomic mass is 16.5. The summed E-state index contributed by atoms with van der Waals surface area (Å²) < 4.78 is 5.51. The van der Waals surface area contributed by atoms with Gasteiger partial charge in [0.2, 0.25) is 0 Å². The second-order valence-corrected chi connectivity index (χ2v) is 6.51. The van der Waals surface area contributed by atoms with Crippen LogP contribution in [0.1, 0.15) is 44.1 Å². The molecule has 1 aliphatic carbocycles. The van der Waals surface area contributed by atoms with Crippen LogP contribution in [0, 0.1) is 5.92 Å². The van der Waals surface area contributed by atoms with Gasteiger partial charge in [-0.05, 0) is 36.3 Å². The number of nitrogens with zero attached hydrogens (tertiary/aromatic N) is 1. The molecule has 1 heterocycles. The van der Waals surface area contributed by atoms with Crippen molar-refractivity contribution in [3.63, 3.8) is 0 Å². The number of ether oxygens (including phenoxy) is 1. The van der Waals surface area contributed by atoms with Gasteiger partial charge in [-0.25, -0.2) is 0 Å². The van der Waals surface area contributed by atoms with Gasteiger partial charge in [0, 0.05) is 19.1 Å². The van der Waals surface area contributed by atoms with Gasteiger partial charge in [0.05, 0.1) is 13.2 Å². The first-order valence-corrected chi connectivity index (χ1v) is 8.37. The smallest absolute Gasteiger partial charge is 0.119 e. The van der Waals surface area contributed by atoms with Crippen molar-refractivity contribution in [3.05, 3.63) is 29.8 Å². The Kier molecular flexibility index (Phi) is 4.81. The molecule has 116 valence electrons. The van der Waals surface area contributed by atoms with Crippen LogP contribution in [-0.2, 0) is 4.74 Å². The van der Waals surface area contributed by atoms with Crippen molar-refractivity contribution in [1.29, 1.82) is 0 Å². The molecule has 21 heavy (non-hydrogen) atoms. The van der Waals surface area contributed by atoms with E-state index >= 15 is 0 Å². The highest BCUT2D eigenvalue weighted by molar-refractivity contribution is 5.35. The summed E-state index contributed by atoms with van der Waals surface area (Å²) in [6.45, 7) is 6.16. The second-order valence-electron chi connectivity index (χ2n) is 6.51. The zero-order valence-corrected chi connectivity index (χ0v) is 13.0. The molecule has 1 saturated heterocycles. The SMILES string of the molecule is C[C@@H](c1ccccc1O)[C@@H]1CCCC[C@@H]1N1CCOCC1. The maximum Gasteiger partial charge on any atom is 0.119 e. The van der Waals surface area contributed by atoms with Crippen molar-refractivity contribution in [2.45, 2.75) is 44.6 Å². The average Bonchev–Trinajstić information content (AvgIpc) is 2.55. The van der Waals surface area contributed by atoms with E-state index in [2.05, 4.69) is 17.9 Å². The van der Waals surface area contributed by atoms with Gasteiger partial charge in [-0.2, -0.15) is 0 Å². The highest BCUT2D eigenvalue weighted by Gasteiger charge is 2.35. The van der Waals surface area contributed by atoms with Crippen molar-refractivity contribution in [1.82, 2.24) is 4.90 Å². The molecule has 3 atom stereocenters. The zero-order valence-electron chi connectivity index (χ0n) is 13.0. The molecule has 1 aliphatic heterocycles. The molecule has 0 spiro atoms. The van der Waals surface area contributed by atoms with Crippen molar-refractivity contribution < 1.29 is 9.84 Å². The van der Waals surface area contributed by atoms with Crippen molar-refractivity contribution in [3.8, 4) is 5.75 Å². The predicted molar refractivity (Wildman–Crippen MR) is 84.7 cm³/mol. The summed E-state index contributed by atoms with van der Waals surface area (Å²) in [7, 11) is 0. The van der Waals surface area contributed by atoms with Crippen LogP contribution in [0.4, 0.5) is 0 Å². The van der Waals surface area contributed by atoms with E-state index in [1.165, 1.54) is 25.7 Å². The number of morpholine rings is 1. The standard InChI is InChI=1S/C18H27NO2/c1-14(16-7-3-5-9-18(16)20)15-6-2-4-8-17(15)19-10-12-21-13-11-19/h3,5,7,9,14-15,17,20H,2,4,6,8,10-13H2,1H3/t14-,15+,17+/m1/s1. The summed E-state index contributed by atoms with van der Waals surface area (Å²) in [6.07, 6.45) is 5.23. The molecular formula is C18H27NO2. The van der Waals surface area contributed by atoms with Gasteiger partial charge in [-0.1, -0.05) is 38.0 Å². The van der Waals surface area contributed by atoms with E-state index < -0.39 is 0 Å². The number of hydrogen-bond donors (Lipinski definition) is 1. The van der Waals surface area contributed by atoms with Crippen LogP contribution >= 0.6 is 0 Å². The Bertz CT molecular complexity index is 456. The molecule has 0 bridgehead atoms. The Morgan fingerprint density at radius 2 is 1.86 bits per heavy atom. The molecule has 0 amide bonds. The molecule has 0 unspecified atom stereocenters. The van der Waals surface area contributed by atoms with Crippen LogP contribution in [0.2, 0.25) is 0 Å². The first kappa shape index (κ1) is 14.9. The first-order chi connectivity index (χ1) is 10.3. The number of para-hydroxylation sites is 1. The van der Waals surface area contributed by atoms with E-state index in [0.717, 1.165) is 31.9 Å². The number of hydrogen-bond acceptors (Lipinski definition) is 3. The lowest BCUT2D eigenvalue weighted by Crippen LogP contribution is -2.49. The van der Waals surface area contributed by atoms with Crippen LogP contribution in [0.15, 0.2) is 24.3 Å². The maximum atomic E-state index is 10.2. The van der Waals surface area contributed by atoms with Gasteiger partial charge < -0.3 is 9.84 Å². The largest absolute Gasteiger partial charge is 0.508 e. The number of benzene rings is 1. The summed E-state index contributed by atoms with van der Waals surface area (Å²) in [5, 5.41) is 10.2. The third-order valence-corrected chi connectivity index (χ3v) is 5.37. The lowest BCUT2D eigenvalue weighted by atomic mass is 9.73. The summed E-state index contributed by atoms with van der Waals surface area (Å²) in [5.41, 5.74) is 1.11. The summed E-state index contributed by atoms with van der Waals surface area (Å²) in [4.78, 5) is 2.63. The van der Waals surface area contributed by atoms with E-state index in [4.69, 9.17) is 4.74 Å². The molecular weight excluding hydrogens is 262 g/mol. The summed E-state index contributed by atoms with van der Waals surface area (Å²) >= 11 is 0. The fourth-order valence-corrected chi connectivity index (χ4v) is 4.19. The van der Waals surface area contributed by atoms with Gasteiger partial charge in [-0.15, -0.1) is 0 Å². The van der Waals surface area contributed by atoms with E-state index in [-0.39, 0.29) is 0 Å². The Morgan fingerprint density at radius 3 is 2.62 bits per heavy atom. The number of rotatable bonds is 3. The van der Waals surface area contributed by atoms with Crippen LogP contribution in [0.3, 0.4) is 0 Å². The molecule has 2 fully saturated rings. The van der Waals surface area contributed by atoms with Crippen LogP contribution in [-0.4, -0.2) is 42.4 Å². The molecule has 0 radical (unpaired) electrons. The molecule has 0 aromatic heterocycles. The fourth-order valence-electron chi connectivity index (χ4n) is 4.19. The summed E-state index contributed by atoms with van der Waals surface area (Å²) in [5.74, 6) is 1.51. The molecule has 1 aromatic carbocycles. The third-order valence-electron chi connectivity index (χ3n) is 5.37. The van der Waals surface area contributed by atoms with Gasteiger partial charge in [-0.3, -0.25) is 4.90 Å². The summed E-state index contributed by atoms with van der Waals surface area (Å²) in [6, 6.07) is 8.50. The average molecular weight is 289 g/mol. The Labute approximate surface area is 127 Å². The topological polar surface area (TPSA) is 32.7 Å². The van der Waals surface area contributed by atoms with Crippen molar-refractivity contribution >= 4 is 0 Å². The number of aromatic hydroxyl groups is 1. The quantitative estimate of drug-likeness (QED) is 0.926. The van der Waals surface area contributed by atoms with Crippen molar-refractivity contribution in [2.24, 2.45) is 5.92 Å². The van der Waals surface area contributed by atoms with Gasteiger partial charge in [0.1, 0.15) is 5.75 Å². The highest BCUT2D eigenvalue weighted by Crippen LogP contribution is 2.41. The van der Waals surface area contributed by atoms with Crippen LogP contribution < -0.4 is 0 Å². The van der Waals surface area contributed by atoms with Gasteiger partial charge in [0.15, 0.2) is 0 Å². The van der Waals surface area contributed by atoms with Gasteiger partial charge >= 0.3 is 0 Å². The minimum atomic E-state index is 0.416. The first-order valence-electron chi connectivity index (χ1n) is 8.37. The van der Waals surface area contributed by atoms with E-state index in [1.807, 2.05) is 18.2 Å². The van der Waals surface area contributed by atoms with Crippen LogP contribution in [0.5, 0.6) is 5.75 Å². The van der Waals surface area contributed by atoms with E-state index in [9.17, 15) is 5.11 Å². The molecule has 2 aliphatic rings. The second kappa shape index (κ2) is 6.80. The molecule has 1 N–H and O–H groups in total. The fraction of sp³-hybridized carbons (Fsp3) is 0.667.